The molecule has 1 heterocycles. The van der Waals surface area contributed by atoms with Gasteiger partial charge in [-0.3, -0.25) is 10.1 Å². The Morgan fingerprint density at radius 1 is 1.29 bits per heavy atom. The molecule has 24 heavy (non-hydrogen) atoms. The number of amides is 3. The minimum Gasteiger partial charge on any atom is -0.416 e. The van der Waals surface area contributed by atoms with Crippen LogP contribution in [0.5, 0.6) is 0 Å². The molecule has 128 valence electrons. The van der Waals surface area contributed by atoms with Crippen molar-refractivity contribution in [1.82, 2.24) is 15.5 Å². The van der Waals surface area contributed by atoms with Gasteiger partial charge in [-0.15, -0.1) is 10.2 Å². The minimum atomic E-state index is -0.832. The van der Waals surface area contributed by atoms with E-state index in [-0.39, 0.29) is 12.3 Å². The lowest BCUT2D eigenvalue weighted by Crippen LogP contribution is -2.34. The maximum absolute atomic E-state index is 11.3. The first-order valence-electron chi connectivity index (χ1n) is 7.64. The number of nitrogens with zero attached hydrogens (tertiary/aromatic N) is 2. The highest BCUT2D eigenvalue weighted by molar-refractivity contribution is 7.99. The number of thioether (sulfide) groups is 1. The fraction of sp³-hybridized carbons (Fsp3) is 0.375. The van der Waals surface area contributed by atoms with E-state index in [4.69, 9.17) is 10.2 Å². The lowest BCUT2D eigenvalue weighted by Gasteiger charge is -2.08. The topological polar surface area (TPSA) is 111 Å². The van der Waals surface area contributed by atoms with E-state index in [0.717, 1.165) is 0 Å². The van der Waals surface area contributed by atoms with Gasteiger partial charge in [0, 0.05) is 18.6 Å². The van der Waals surface area contributed by atoms with Gasteiger partial charge in [0.1, 0.15) is 0 Å². The number of hydrogen-bond acceptors (Lipinski definition) is 6. The number of imide groups is 1. The molecule has 2 aromatic rings. The number of nitrogens with one attached hydrogen (secondary N) is 1. The van der Waals surface area contributed by atoms with Crippen molar-refractivity contribution in [3.8, 4) is 0 Å². The van der Waals surface area contributed by atoms with Crippen LogP contribution in [0.3, 0.4) is 0 Å². The van der Waals surface area contributed by atoms with Crippen LogP contribution in [0.2, 0.25) is 0 Å². The van der Waals surface area contributed by atoms with Crippen molar-refractivity contribution >= 4 is 23.7 Å². The first-order valence-corrected chi connectivity index (χ1v) is 8.62. The predicted molar refractivity (Wildman–Crippen MR) is 90.5 cm³/mol. The summed E-state index contributed by atoms with van der Waals surface area (Å²) in [5.74, 6) is 1.15. The summed E-state index contributed by atoms with van der Waals surface area (Å²) in [6, 6.07) is 9.33. The minimum absolute atomic E-state index is 0.224. The second-order valence-corrected chi connectivity index (χ2v) is 6.39. The number of carbonyl (C=O) groups is 2. The molecule has 3 amide bonds. The zero-order valence-electron chi connectivity index (χ0n) is 13.4. The molecule has 0 fully saturated rings. The van der Waals surface area contributed by atoms with Crippen LogP contribution >= 0.6 is 11.8 Å². The van der Waals surface area contributed by atoms with Crippen molar-refractivity contribution < 1.29 is 14.0 Å². The van der Waals surface area contributed by atoms with Crippen molar-refractivity contribution in [1.29, 1.82) is 0 Å². The van der Waals surface area contributed by atoms with Crippen molar-refractivity contribution in [2.24, 2.45) is 5.73 Å². The molecule has 1 unspecified atom stereocenters. The summed E-state index contributed by atoms with van der Waals surface area (Å²) in [5.41, 5.74) is 6.09. The Balaban J connectivity index is 1.73. The number of rotatable bonds is 8. The molecule has 0 bridgehead atoms. The summed E-state index contributed by atoms with van der Waals surface area (Å²) in [5, 5.41) is 10.6. The fourth-order valence-corrected chi connectivity index (χ4v) is 2.85. The van der Waals surface area contributed by atoms with E-state index in [0.29, 0.717) is 35.6 Å². The third-order valence-electron chi connectivity index (χ3n) is 3.33. The number of primary amides is 1. The number of hydrogen-bond donors (Lipinski definition) is 2. The molecule has 3 N–H and O–H groups in total. The summed E-state index contributed by atoms with van der Waals surface area (Å²) in [6.45, 7) is 2.11. The first kappa shape index (κ1) is 18.0. The van der Waals surface area contributed by atoms with Crippen molar-refractivity contribution in [3.05, 3.63) is 41.8 Å². The van der Waals surface area contributed by atoms with Crippen LogP contribution in [0, 0.1) is 0 Å². The lowest BCUT2D eigenvalue weighted by atomic mass is 9.98. The number of benzene rings is 1. The molecule has 0 saturated carbocycles. The Morgan fingerprint density at radius 3 is 2.75 bits per heavy atom. The molecule has 0 saturated heterocycles. The Labute approximate surface area is 144 Å². The molecular formula is C16H20N4O3S. The summed E-state index contributed by atoms with van der Waals surface area (Å²) in [6.07, 6.45) is 1.49. The highest BCUT2D eigenvalue weighted by atomic mass is 32.2. The van der Waals surface area contributed by atoms with Gasteiger partial charge in [-0.05, 0) is 17.9 Å². The van der Waals surface area contributed by atoms with Crippen LogP contribution in [-0.4, -0.2) is 27.9 Å². The van der Waals surface area contributed by atoms with E-state index in [2.05, 4.69) is 29.3 Å². The molecule has 1 aromatic carbocycles. The highest BCUT2D eigenvalue weighted by Crippen LogP contribution is 2.22. The Hall–Kier alpha value is -2.35. The van der Waals surface area contributed by atoms with Crippen LogP contribution in [0.4, 0.5) is 4.79 Å². The molecule has 0 spiro atoms. The zero-order valence-corrected chi connectivity index (χ0v) is 14.2. The number of aromatic nitrogens is 2. The van der Waals surface area contributed by atoms with Gasteiger partial charge in [-0.1, -0.05) is 49.0 Å². The third-order valence-corrected chi connectivity index (χ3v) is 4.24. The first-order chi connectivity index (χ1) is 11.5. The molecule has 8 heteroatoms. The highest BCUT2D eigenvalue weighted by Gasteiger charge is 2.12. The van der Waals surface area contributed by atoms with E-state index >= 15 is 0 Å². The van der Waals surface area contributed by atoms with Gasteiger partial charge in [0.2, 0.25) is 11.8 Å². The monoisotopic (exact) mass is 348 g/mol. The van der Waals surface area contributed by atoms with Crippen LogP contribution in [0.1, 0.15) is 37.1 Å². The molecule has 0 aliphatic rings. The van der Waals surface area contributed by atoms with E-state index in [1.54, 1.807) is 0 Å². The van der Waals surface area contributed by atoms with Gasteiger partial charge in [0.25, 0.3) is 5.22 Å². The average Bonchev–Trinajstić information content (AvgIpc) is 2.99. The molecule has 0 radical (unpaired) electrons. The third kappa shape index (κ3) is 6.04. The molecule has 1 aromatic heterocycles. The maximum Gasteiger partial charge on any atom is 0.318 e. The van der Waals surface area contributed by atoms with Crippen LogP contribution < -0.4 is 11.1 Å². The summed E-state index contributed by atoms with van der Waals surface area (Å²) >= 11 is 1.39. The Kier molecular flexibility index (Phi) is 6.80. The number of carbonyl (C=O) groups excluding carboxylic acids is 2. The van der Waals surface area contributed by atoms with Gasteiger partial charge in [0.15, 0.2) is 0 Å². The number of nitrogens with two attached hydrogens (primary N) is 1. The van der Waals surface area contributed by atoms with Gasteiger partial charge in [0.05, 0.1) is 0 Å². The summed E-state index contributed by atoms with van der Waals surface area (Å²) in [4.78, 5) is 21.8. The summed E-state index contributed by atoms with van der Waals surface area (Å²) < 4.78 is 5.61. The van der Waals surface area contributed by atoms with Crippen LogP contribution in [-0.2, 0) is 11.2 Å². The fourth-order valence-electron chi connectivity index (χ4n) is 2.13. The summed E-state index contributed by atoms with van der Waals surface area (Å²) in [7, 11) is 0. The largest absolute Gasteiger partial charge is 0.416 e. The van der Waals surface area contributed by atoms with Crippen LogP contribution in [0.25, 0.3) is 0 Å². The number of urea groups is 1. The van der Waals surface area contributed by atoms with Gasteiger partial charge < -0.3 is 10.2 Å². The van der Waals surface area contributed by atoms with Crippen LogP contribution in [0.15, 0.2) is 40.0 Å². The van der Waals surface area contributed by atoms with Crippen molar-refractivity contribution in [3.63, 3.8) is 0 Å². The average molecular weight is 348 g/mol. The SMILES string of the molecule is CC(Cc1nnc(SCCCC(=O)NC(N)=O)o1)c1ccccc1. The van der Waals surface area contributed by atoms with Gasteiger partial charge >= 0.3 is 6.03 Å². The van der Waals surface area contributed by atoms with E-state index in [9.17, 15) is 9.59 Å². The predicted octanol–water partition coefficient (Wildman–Crippen LogP) is 2.48. The standard InChI is InChI=1S/C16H20N4O3S/c1-11(12-6-3-2-4-7-12)10-14-19-20-16(23-14)24-9-5-8-13(21)18-15(17)22/h2-4,6-7,11H,5,8-10H2,1H3,(H3,17,18,21,22). The molecule has 2 rings (SSSR count). The van der Waals surface area contributed by atoms with E-state index in [1.807, 2.05) is 23.5 Å². The molecule has 7 nitrogen and oxygen atoms in total. The Bertz CT molecular complexity index is 675. The quantitative estimate of drug-likeness (QED) is 0.560. The van der Waals surface area contributed by atoms with Gasteiger partial charge in [-0.2, -0.15) is 0 Å². The van der Waals surface area contributed by atoms with Crippen molar-refractivity contribution in [2.45, 2.75) is 37.3 Å². The van der Waals surface area contributed by atoms with Gasteiger partial charge in [-0.25, -0.2) is 4.79 Å². The lowest BCUT2D eigenvalue weighted by molar-refractivity contribution is -0.119. The van der Waals surface area contributed by atoms with E-state index in [1.165, 1.54) is 17.3 Å². The maximum atomic E-state index is 11.3. The smallest absolute Gasteiger partial charge is 0.318 e. The second kappa shape index (κ2) is 9.07. The second-order valence-electron chi connectivity index (χ2n) is 5.34. The van der Waals surface area contributed by atoms with E-state index < -0.39 is 6.03 Å². The van der Waals surface area contributed by atoms with Crippen molar-refractivity contribution in [2.75, 3.05) is 5.75 Å². The Morgan fingerprint density at radius 2 is 2.04 bits per heavy atom. The molecule has 0 aliphatic heterocycles. The molecular weight excluding hydrogens is 328 g/mol. The normalized spacial score (nSPS) is 11.9. The zero-order chi connectivity index (χ0) is 17.4. The molecule has 0 aliphatic carbocycles. The molecule has 1 atom stereocenters.